The van der Waals surface area contributed by atoms with Crippen LogP contribution in [0.5, 0.6) is 0 Å². The van der Waals surface area contributed by atoms with Gasteiger partial charge >= 0.3 is 17.8 Å². The number of fused-ring (bicyclic) bond motifs is 1. The van der Waals surface area contributed by atoms with Crippen LogP contribution in [0.25, 0.3) is 16.0 Å². The SMILES string of the molecule is O=C(O)C(F)(F)F.[C-]#[N+]c1ccccc1Cn1c(=O)n(C)c2nccc(N3CCC[C@@H](N)C3)c21. The number of anilines is 1. The minimum absolute atomic E-state index is 0.133. The summed E-state index contributed by atoms with van der Waals surface area (Å²) in [6.07, 6.45) is -1.29. The third-order valence-electron chi connectivity index (χ3n) is 5.47. The van der Waals surface area contributed by atoms with Crippen LogP contribution in [0.3, 0.4) is 0 Å². The van der Waals surface area contributed by atoms with Crippen LogP contribution in [0.2, 0.25) is 0 Å². The van der Waals surface area contributed by atoms with Crippen LogP contribution in [0, 0.1) is 6.57 Å². The molecule has 12 heteroatoms. The summed E-state index contributed by atoms with van der Waals surface area (Å²) in [4.78, 5) is 32.1. The molecule has 4 rings (SSSR count). The smallest absolute Gasteiger partial charge is 0.475 e. The molecule has 3 N–H and O–H groups in total. The summed E-state index contributed by atoms with van der Waals surface area (Å²) in [5, 5.41) is 7.12. The predicted octanol–water partition coefficient (Wildman–Crippen LogP) is 2.89. The highest BCUT2D eigenvalue weighted by Crippen LogP contribution is 2.28. The van der Waals surface area contributed by atoms with Crippen molar-refractivity contribution in [2.45, 2.75) is 31.6 Å². The number of nitrogens with two attached hydrogens (primary N) is 1. The number of carboxylic acid groups (broad SMARTS) is 1. The van der Waals surface area contributed by atoms with Gasteiger partial charge in [0.15, 0.2) is 11.3 Å². The number of carboxylic acids is 1. The zero-order valence-electron chi connectivity index (χ0n) is 18.3. The second kappa shape index (κ2) is 9.96. The van der Waals surface area contributed by atoms with Crippen LogP contribution in [0.4, 0.5) is 24.5 Å². The van der Waals surface area contributed by atoms with E-state index in [9.17, 15) is 18.0 Å². The van der Waals surface area contributed by atoms with Crippen LogP contribution >= 0.6 is 0 Å². The Bertz CT molecular complexity index is 1290. The second-order valence-electron chi connectivity index (χ2n) is 7.82. The Morgan fingerprint density at radius 2 is 2.00 bits per heavy atom. The number of benzene rings is 1. The Balaban J connectivity index is 0.000000406. The second-order valence-corrected chi connectivity index (χ2v) is 7.82. The number of halogens is 3. The Morgan fingerprint density at radius 1 is 1.32 bits per heavy atom. The van der Waals surface area contributed by atoms with Gasteiger partial charge in [0.05, 0.1) is 12.3 Å². The lowest BCUT2D eigenvalue weighted by molar-refractivity contribution is -0.192. The molecule has 180 valence electrons. The number of aromatic nitrogens is 3. The molecule has 3 aromatic rings. The fourth-order valence-electron chi connectivity index (χ4n) is 3.86. The van der Waals surface area contributed by atoms with Crippen molar-refractivity contribution >= 4 is 28.5 Å². The summed E-state index contributed by atoms with van der Waals surface area (Å²) in [7, 11) is 1.74. The van der Waals surface area contributed by atoms with Crippen molar-refractivity contribution in [3.8, 4) is 0 Å². The number of rotatable bonds is 3. The molecular formula is C22H23F3N6O3. The first-order valence-electron chi connectivity index (χ1n) is 10.3. The number of alkyl halides is 3. The third kappa shape index (κ3) is 5.20. The van der Waals surface area contributed by atoms with Gasteiger partial charge < -0.3 is 15.7 Å². The molecule has 0 amide bonds. The number of hydrogen-bond acceptors (Lipinski definition) is 5. The van der Waals surface area contributed by atoms with Gasteiger partial charge in [0.2, 0.25) is 0 Å². The van der Waals surface area contributed by atoms with Gasteiger partial charge in [-0.3, -0.25) is 9.13 Å². The molecule has 1 saturated heterocycles. The van der Waals surface area contributed by atoms with Crippen LogP contribution in [0.15, 0.2) is 41.3 Å². The molecule has 1 aliphatic heterocycles. The summed E-state index contributed by atoms with van der Waals surface area (Å²) in [6, 6.07) is 9.49. The number of hydrogen-bond donors (Lipinski definition) is 2. The number of pyridine rings is 1. The number of piperidine rings is 1. The fraction of sp³-hybridized carbons (Fsp3) is 0.364. The number of para-hydroxylation sites is 1. The maximum Gasteiger partial charge on any atom is 0.490 e. The minimum Gasteiger partial charge on any atom is -0.475 e. The number of imidazole rings is 1. The van der Waals surface area contributed by atoms with Crippen LogP contribution in [-0.4, -0.2) is 50.5 Å². The molecule has 0 saturated carbocycles. The van der Waals surface area contributed by atoms with Gasteiger partial charge in [-0.15, -0.1) is 0 Å². The molecule has 1 aliphatic rings. The van der Waals surface area contributed by atoms with Gasteiger partial charge in [-0.2, -0.15) is 13.2 Å². The molecular weight excluding hydrogens is 453 g/mol. The predicted molar refractivity (Wildman–Crippen MR) is 120 cm³/mol. The lowest BCUT2D eigenvalue weighted by atomic mass is 10.1. The standard InChI is InChI=1S/C20H22N6O.C2HF3O2/c1-22-16-8-4-3-6-14(16)12-26-18-17(25-11-5-7-15(21)13-25)9-10-23-19(18)24(2)20(26)27;3-2(4,5)1(6)7/h3-4,6,8-10,15H,5,7,11-13,21H2,2H3;(H,6,7)/t15-;/m1./s1. The van der Waals surface area contributed by atoms with E-state index in [1.165, 1.54) is 0 Å². The normalized spacial score (nSPS) is 16.0. The average Bonchev–Trinajstić information content (AvgIpc) is 3.04. The highest BCUT2D eigenvalue weighted by molar-refractivity contribution is 5.87. The maximum atomic E-state index is 13.0. The highest BCUT2D eigenvalue weighted by Gasteiger charge is 2.38. The Hall–Kier alpha value is -3.85. The molecule has 34 heavy (non-hydrogen) atoms. The maximum absolute atomic E-state index is 13.0. The summed E-state index contributed by atoms with van der Waals surface area (Å²) >= 11 is 0. The van der Waals surface area contributed by atoms with E-state index in [0.29, 0.717) is 17.9 Å². The van der Waals surface area contributed by atoms with Crippen molar-refractivity contribution in [1.82, 2.24) is 14.1 Å². The molecule has 2 aromatic heterocycles. The third-order valence-corrected chi connectivity index (χ3v) is 5.47. The zero-order valence-corrected chi connectivity index (χ0v) is 18.3. The largest absolute Gasteiger partial charge is 0.490 e. The fourth-order valence-corrected chi connectivity index (χ4v) is 3.86. The van der Waals surface area contributed by atoms with Gasteiger partial charge in [-0.05, 0) is 24.5 Å². The van der Waals surface area contributed by atoms with E-state index >= 15 is 0 Å². The van der Waals surface area contributed by atoms with Crippen LogP contribution in [-0.2, 0) is 18.4 Å². The van der Waals surface area contributed by atoms with Crippen molar-refractivity contribution in [1.29, 1.82) is 0 Å². The average molecular weight is 476 g/mol. The van der Waals surface area contributed by atoms with Gasteiger partial charge in [-0.1, -0.05) is 24.3 Å². The number of aryl methyl sites for hydroxylation is 1. The van der Waals surface area contributed by atoms with Gasteiger partial charge in [0.1, 0.15) is 5.52 Å². The summed E-state index contributed by atoms with van der Waals surface area (Å²) in [5.41, 5.74) is 9.87. The van der Waals surface area contributed by atoms with E-state index in [1.54, 1.807) is 28.4 Å². The number of nitrogens with zero attached hydrogens (tertiary/aromatic N) is 5. The van der Waals surface area contributed by atoms with Gasteiger partial charge in [0.25, 0.3) is 0 Å². The molecule has 0 bridgehead atoms. The minimum atomic E-state index is -5.08. The summed E-state index contributed by atoms with van der Waals surface area (Å²) < 4.78 is 35.0. The molecule has 1 fully saturated rings. The number of aliphatic carboxylic acids is 1. The van der Waals surface area contributed by atoms with Crippen LogP contribution in [0.1, 0.15) is 18.4 Å². The van der Waals surface area contributed by atoms with E-state index < -0.39 is 12.1 Å². The lowest BCUT2D eigenvalue weighted by Gasteiger charge is -2.33. The monoisotopic (exact) mass is 476 g/mol. The first-order valence-corrected chi connectivity index (χ1v) is 10.3. The molecule has 0 aliphatic carbocycles. The zero-order chi connectivity index (χ0) is 25.0. The van der Waals surface area contributed by atoms with E-state index in [-0.39, 0.29) is 11.7 Å². The van der Waals surface area contributed by atoms with E-state index in [1.807, 2.05) is 24.3 Å². The summed E-state index contributed by atoms with van der Waals surface area (Å²) in [5.74, 6) is -2.76. The molecule has 9 nitrogen and oxygen atoms in total. The molecule has 0 radical (unpaired) electrons. The molecule has 0 spiro atoms. The Labute approximate surface area is 192 Å². The molecule has 1 atom stereocenters. The Kier molecular flexibility index (Phi) is 7.26. The van der Waals surface area contributed by atoms with E-state index in [4.69, 9.17) is 22.2 Å². The molecule has 0 unspecified atom stereocenters. The highest BCUT2D eigenvalue weighted by atomic mass is 19.4. The quantitative estimate of drug-likeness (QED) is 0.563. The van der Waals surface area contributed by atoms with Crippen molar-refractivity contribution < 1.29 is 23.1 Å². The first-order chi connectivity index (χ1) is 16.0. The topological polar surface area (TPSA) is 111 Å². The lowest BCUT2D eigenvalue weighted by Crippen LogP contribution is -2.43. The summed E-state index contributed by atoms with van der Waals surface area (Å²) in [6.45, 7) is 9.41. The van der Waals surface area contributed by atoms with Gasteiger partial charge in [0, 0.05) is 38.9 Å². The molecule has 3 heterocycles. The molecule has 1 aromatic carbocycles. The Morgan fingerprint density at radius 3 is 2.62 bits per heavy atom. The van der Waals surface area contributed by atoms with Crippen molar-refractivity contribution in [3.05, 3.63) is 64.0 Å². The van der Waals surface area contributed by atoms with Crippen molar-refractivity contribution in [2.75, 3.05) is 18.0 Å². The number of carbonyl (C=O) groups is 1. The first kappa shape index (κ1) is 24.8. The van der Waals surface area contributed by atoms with Crippen LogP contribution < -0.4 is 16.3 Å². The van der Waals surface area contributed by atoms with Gasteiger partial charge in [-0.25, -0.2) is 19.4 Å². The van der Waals surface area contributed by atoms with Crippen molar-refractivity contribution in [3.63, 3.8) is 0 Å². The van der Waals surface area contributed by atoms with E-state index in [2.05, 4.69) is 14.7 Å². The van der Waals surface area contributed by atoms with Crippen molar-refractivity contribution in [2.24, 2.45) is 12.8 Å². The van der Waals surface area contributed by atoms with E-state index in [0.717, 1.165) is 42.7 Å².